The minimum Gasteiger partial charge on any atom is -0.444 e. The third-order valence-corrected chi connectivity index (χ3v) is 3.85. The third kappa shape index (κ3) is 3.01. The molecule has 0 bridgehead atoms. The van der Waals surface area contributed by atoms with Gasteiger partial charge in [0.2, 0.25) is 0 Å². The van der Waals surface area contributed by atoms with E-state index in [1.54, 1.807) is 21.9 Å². The number of aromatic nitrogens is 2. The zero-order chi connectivity index (χ0) is 15.5. The van der Waals surface area contributed by atoms with Crippen LogP contribution in [0.4, 0.5) is 0 Å². The maximum Gasteiger partial charge on any atom is 0.289 e. The summed E-state index contributed by atoms with van der Waals surface area (Å²) in [4.78, 5) is 35.7. The maximum atomic E-state index is 12.2. The number of nitrogens with zero attached hydrogens (tertiary/aromatic N) is 4. The molecule has 1 saturated heterocycles. The average molecular weight is 365 g/mol. The van der Waals surface area contributed by atoms with E-state index in [4.69, 9.17) is 4.42 Å². The van der Waals surface area contributed by atoms with Gasteiger partial charge in [0.25, 0.3) is 11.8 Å². The molecule has 8 heteroatoms. The summed E-state index contributed by atoms with van der Waals surface area (Å²) in [7, 11) is 0. The van der Waals surface area contributed by atoms with Crippen LogP contribution in [0.15, 0.2) is 39.8 Å². The molecule has 0 atom stereocenters. The second kappa shape index (κ2) is 6.27. The van der Waals surface area contributed by atoms with E-state index in [0.29, 0.717) is 42.3 Å². The van der Waals surface area contributed by atoms with Gasteiger partial charge >= 0.3 is 0 Å². The molecule has 0 spiro atoms. The van der Waals surface area contributed by atoms with Crippen molar-refractivity contribution in [1.29, 1.82) is 0 Å². The first-order valence-corrected chi connectivity index (χ1v) is 7.54. The molecule has 0 aromatic carbocycles. The number of carbonyl (C=O) groups is 2. The number of amides is 2. The highest BCUT2D eigenvalue weighted by Gasteiger charge is 2.27. The van der Waals surface area contributed by atoms with Crippen LogP contribution in [-0.2, 0) is 0 Å². The van der Waals surface area contributed by atoms with Gasteiger partial charge in [-0.15, -0.1) is 0 Å². The Kier molecular flexibility index (Phi) is 4.19. The lowest BCUT2D eigenvalue weighted by atomic mass is 10.2. The van der Waals surface area contributed by atoms with Crippen LogP contribution in [-0.4, -0.2) is 57.8 Å². The van der Waals surface area contributed by atoms with Crippen molar-refractivity contribution in [3.8, 4) is 0 Å². The van der Waals surface area contributed by atoms with Crippen LogP contribution in [0.3, 0.4) is 0 Å². The molecule has 0 unspecified atom stereocenters. The van der Waals surface area contributed by atoms with E-state index < -0.39 is 0 Å². The molecule has 3 heterocycles. The van der Waals surface area contributed by atoms with E-state index >= 15 is 0 Å². The van der Waals surface area contributed by atoms with Crippen molar-refractivity contribution in [2.24, 2.45) is 0 Å². The van der Waals surface area contributed by atoms with Crippen LogP contribution in [0.2, 0.25) is 0 Å². The molecule has 114 valence electrons. The lowest BCUT2D eigenvalue weighted by Gasteiger charge is -2.34. The molecule has 22 heavy (non-hydrogen) atoms. The van der Waals surface area contributed by atoms with Crippen LogP contribution in [0, 0.1) is 0 Å². The Morgan fingerprint density at radius 3 is 2.27 bits per heavy atom. The highest BCUT2D eigenvalue weighted by Crippen LogP contribution is 2.17. The fourth-order valence-electron chi connectivity index (χ4n) is 2.27. The summed E-state index contributed by atoms with van der Waals surface area (Å²) >= 11 is 3.18. The molecule has 1 fully saturated rings. The quantitative estimate of drug-likeness (QED) is 0.805. The number of rotatable bonds is 2. The number of piperazine rings is 1. The van der Waals surface area contributed by atoms with Crippen LogP contribution in [0.25, 0.3) is 0 Å². The average Bonchev–Trinajstić information content (AvgIpc) is 3.01. The fraction of sp³-hybridized carbons (Fsp3) is 0.286. The van der Waals surface area contributed by atoms with Gasteiger partial charge in [0.05, 0.1) is 6.20 Å². The summed E-state index contributed by atoms with van der Waals surface area (Å²) in [6.07, 6.45) is 4.46. The van der Waals surface area contributed by atoms with E-state index in [9.17, 15) is 9.59 Å². The van der Waals surface area contributed by atoms with Crippen LogP contribution in [0.5, 0.6) is 0 Å². The van der Waals surface area contributed by atoms with E-state index in [-0.39, 0.29) is 11.8 Å². The van der Waals surface area contributed by atoms with Gasteiger partial charge in [0, 0.05) is 38.6 Å². The molecular formula is C14H13BrN4O3. The molecule has 2 aromatic rings. The molecule has 0 saturated carbocycles. The highest BCUT2D eigenvalue weighted by atomic mass is 79.9. The van der Waals surface area contributed by atoms with Crippen molar-refractivity contribution in [3.05, 3.63) is 46.8 Å². The molecule has 1 aliphatic rings. The van der Waals surface area contributed by atoms with Gasteiger partial charge in [-0.25, -0.2) is 4.98 Å². The SMILES string of the molecule is O=C(c1cnccn1)N1CCN(C(=O)c2ccc(Br)o2)CC1. The smallest absolute Gasteiger partial charge is 0.289 e. The minimum absolute atomic E-state index is 0.166. The zero-order valence-corrected chi connectivity index (χ0v) is 13.2. The highest BCUT2D eigenvalue weighted by molar-refractivity contribution is 9.10. The van der Waals surface area contributed by atoms with E-state index in [1.165, 1.54) is 18.6 Å². The Labute approximate surface area is 135 Å². The van der Waals surface area contributed by atoms with Gasteiger partial charge in [-0.1, -0.05) is 0 Å². The summed E-state index contributed by atoms with van der Waals surface area (Å²) in [5, 5.41) is 0. The number of halogens is 1. The van der Waals surface area contributed by atoms with E-state index in [2.05, 4.69) is 25.9 Å². The Bertz CT molecular complexity index is 680. The number of hydrogen-bond acceptors (Lipinski definition) is 5. The van der Waals surface area contributed by atoms with Crippen molar-refractivity contribution in [3.63, 3.8) is 0 Å². The monoisotopic (exact) mass is 364 g/mol. The van der Waals surface area contributed by atoms with E-state index in [0.717, 1.165) is 0 Å². The Morgan fingerprint density at radius 1 is 1.05 bits per heavy atom. The van der Waals surface area contributed by atoms with Crippen molar-refractivity contribution in [1.82, 2.24) is 19.8 Å². The molecule has 0 radical (unpaired) electrons. The Hall–Kier alpha value is -2.22. The van der Waals surface area contributed by atoms with Crippen LogP contribution < -0.4 is 0 Å². The second-order valence-electron chi connectivity index (χ2n) is 4.78. The summed E-state index contributed by atoms with van der Waals surface area (Å²) in [6.45, 7) is 1.85. The van der Waals surface area contributed by atoms with Gasteiger partial charge in [0.15, 0.2) is 10.4 Å². The number of hydrogen-bond donors (Lipinski definition) is 0. The predicted molar refractivity (Wildman–Crippen MR) is 80.2 cm³/mol. The van der Waals surface area contributed by atoms with E-state index in [1.807, 2.05) is 0 Å². The van der Waals surface area contributed by atoms with Crippen LogP contribution >= 0.6 is 15.9 Å². The Balaban J connectivity index is 1.61. The van der Waals surface area contributed by atoms with Crippen molar-refractivity contribution < 1.29 is 14.0 Å². The fourth-order valence-corrected chi connectivity index (χ4v) is 2.58. The van der Waals surface area contributed by atoms with Gasteiger partial charge in [-0.05, 0) is 28.1 Å². The van der Waals surface area contributed by atoms with Crippen molar-refractivity contribution in [2.75, 3.05) is 26.2 Å². The third-order valence-electron chi connectivity index (χ3n) is 3.42. The summed E-state index contributed by atoms with van der Waals surface area (Å²) in [5.41, 5.74) is 0.317. The lowest BCUT2D eigenvalue weighted by molar-refractivity contribution is 0.0514. The predicted octanol–water partition coefficient (Wildman–Crippen LogP) is 1.43. The Morgan fingerprint density at radius 2 is 1.73 bits per heavy atom. The molecule has 3 rings (SSSR count). The molecule has 1 aliphatic heterocycles. The van der Waals surface area contributed by atoms with Crippen LogP contribution in [0.1, 0.15) is 21.0 Å². The molecule has 0 aliphatic carbocycles. The summed E-state index contributed by atoms with van der Waals surface area (Å²) in [5.74, 6) is -0.0428. The van der Waals surface area contributed by atoms with Crippen molar-refractivity contribution >= 4 is 27.7 Å². The molecule has 2 amide bonds. The van der Waals surface area contributed by atoms with Gasteiger partial charge in [0.1, 0.15) is 5.69 Å². The standard InChI is InChI=1S/C14H13BrN4O3/c15-12-2-1-11(22-12)14(21)19-7-5-18(6-8-19)13(20)10-9-16-3-4-17-10/h1-4,9H,5-8H2. The molecule has 7 nitrogen and oxygen atoms in total. The van der Waals surface area contributed by atoms with Crippen molar-refractivity contribution in [2.45, 2.75) is 0 Å². The number of furan rings is 1. The van der Waals surface area contributed by atoms with Gasteiger partial charge in [-0.3, -0.25) is 14.6 Å². The minimum atomic E-state index is -0.169. The number of carbonyl (C=O) groups excluding carboxylic acids is 2. The normalized spacial score (nSPS) is 15.0. The topological polar surface area (TPSA) is 79.5 Å². The molecular weight excluding hydrogens is 352 g/mol. The zero-order valence-electron chi connectivity index (χ0n) is 11.6. The first-order chi connectivity index (χ1) is 10.6. The first kappa shape index (κ1) is 14.7. The lowest BCUT2D eigenvalue weighted by Crippen LogP contribution is -2.50. The largest absolute Gasteiger partial charge is 0.444 e. The molecule has 0 N–H and O–H groups in total. The second-order valence-corrected chi connectivity index (χ2v) is 5.56. The molecule has 2 aromatic heterocycles. The van der Waals surface area contributed by atoms with Gasteiger partial charge in [-0.2, -0.15) is 0 Å². The maximum absolute atomic E-state index is 12.2. The first-order valence-electron chi connectivity index (χ1n) is 6.75. The summed E-state index contributed by atoms with van der Waals surface area (Å²) < 4.78 is 5.79. The summed E-state index contributed by atoms with van der Waals surface area (Å²) in [6, 6.07) is 3.31. The van der Waals surface area contributed by atoms with Gasteiger partial charge < -0.3 is 14.2 Å².